The molecule has 0 fully saturated rings. The molecule has 1 aromatic carbocycles. The minimum Gasteiger partial charge on any atom is -0.457 e. The molecule has 0 aliphatic carbocycles. The summed E-state index contributed by atoms with van der Waals surface area (Å²) in [6.45, 7) is 5.29. The van der Waals surface area contributed by atoms with Crippen LogP contribution in [0.15, 0.2) is 52.2 Å². The highest BCUT2D eigenvalue weighted by molar-refractivity contribution is 5.88. The van der Waals surface area contributed by atoms with E-state index in [1.54, 1.807) is 51.1 Å². The molecule has 24 heavy (non-hydrogen) atoms. The van der Waals surface area contributed by atoms with Crippen molar-refractivity contribution in [2.24, 2.45) is 5.10 Å². The summed E-state index contributed by atoms with van der Waals surface area (Å²) in [5.41, 5.74) is 2.39. The number of carbonyl (C=O) groups excluding carboxylic acids is 2. The van der Waals surface area contributed by atoms with Gasteiger partial charge in [-0.05, 0) is 62.7 Å². The van der Waals surface area contributed by atoms with Gasteiger partial charge in [0.15, 0.2) is 0 Å². The van der Waals surface area contributed by atoms with Crippen molar-refractivity contribution in [1.29, 1.82) is 0 Å². The van der Waals surface area contributed by atoms with E-state index in [0.29, 0.717) is 11.3 Å². The van der Waals surface area contributed by atoms with Crippen molar-refractivity contribution >= 4 is 18.3 Å². The number of amides is 1. The van der Waals surface area contributed by atoms with Gasteiger partial charge >= 0.3 is 12.1 Å². The quantitative estimate of drug-likeness (QED) is 0.402. The monoisotopic (exact) mass is 330 g/mol. The van der Waals surface area contributed by atoms with Crippen LogP contribution in [0.5, 0.6) is 5.75 Å². The Hall–Kier alpha value is -3.09. The normalized spacial score (nSPS) is 11.3. The molecule has 2 rings (SSSR count). The molecule has 2 aromatic rings. The zero-order chi connectivity index (χ0) is 17.6. The van der Waals surface area contributed by atoms with Crippen LogP contribution in [0.4, 0.5) is 4.79 Å². The lowest BCUT2D eigenvalue weighted by Gasteiger charge is -2.18. The molecular weight excluding hydrogens is 312 g/mol. The summed E-state index contributed by atoms with van der Waals surface area (Å²) in [6.07, 6.45) is 2.21. The third-order valence-corrected chi connectivity index (χ3v) is 2.58. The molecule has 7 nitrogen and oxygen atoms in total. The highest BCUT2D eigenvalue weighted by Gasteiger charge is 2.15. The summed E-state index contributed by atoms with van der Waals surface area (Å²) in [4.78, 5) is 23.1. The Kier molecular flexibility index (Phi) is 5.36. The largest absolute Gasteiger partial charge is 0.457 e. The molecule has 1 heterocycles. The van der Waals surface area contributed by atoms with Crippen molar-refractivity contribution in [3.63, 3.8) is 0 Å². The predicted molar refractivity (Wildman–Crippen MR) is 87.1 cm³/mol. The lowest BCUT2D eigenvalue weighted by atomic mass is 10.2. The maximum absolute atomic E-state index is 11.7. The van der Waals surface area contributed by atoms with Crippen molar-refractivity contribution in [1.82, 2.24) is 5.43 Å². The minimum atomic E-state index is -0.636. The molecule has 7 heteroatoms. The zero-order valence-corrected chi connectivity index (χ0v) is 13.6. The van der Waals surface area contributed by atoms with E-state index in [4.69, 9.17) is 13.9 Å². The summed E-state index contributed by atoms with van der Waals surface area (Å²) < 4.78 is 15.1. The topological polar surface area (TPSA) is 90.1 Å². The lowest BCUT2D eigenvalue weighted by molar-refractivity contribution is 0.0529. The second kappa shape index (κ2) is 7.45. The zero-order valence-electron chi connectivity index (χ0n) is 13.6. The van der Waals surface area contributed by atoms with Crippen molar-refractivity contribution < 1.29 is 23.5 Å². The Morgan fingerprint density at radius 3 is 2.46 bits per heavy atom. The fraction of sp³-hybridized carbons (Fsp3) is 0.235. The van der Waals surface area contributed by atoms with Crippen LogP contribution in [0, 0.1) is 0 Å². The van der Waals surface area contributed by atoms with Gasteiger partial charge in [0.25, 0.3) is 0 Å². The number of hydrazone groups is 1. The van der Waals surface area contributed by atoms with Gasteiger partial charge in [0.05, 0.1) is 12.5 Å². The van der Waals surface area contributed by atoms with E-state index in [9.17, 15) is 9.59 Å². The Morgan fingerprint density at radius 1 is 1.17 bits per heavy atom. The molecule has 0 saturated heterocycles. The van der Waals surface area contributed by atoms with Crippen molar-refractivity contribution in [3.05, 3.63) is 54.0 Å². The highest BCUT2D eigenvalue weighted by Crippen LogP contribution is 2.14. The SMILES string of the molecule is CC(C)(C)OC(=O)N/N=C\c1ccc(OC(=O)c2ccco2)cc1. The second-order valence-corrected chi connectivity index (χ2v) is 5.81. The predicted octanol–water partition coefficient (Wildman–Crippen LogP) is 3.36. The number of furan rings is 1. The number of nitrogens with one attached hydrogen (secondary N) is 1. The highest BCUT2D eigenvalue weighted by atomic mass is 16.6. The van der Waals surface area contributed by atoms with E-state index in [-0.39, 0.29) is 5.76 Å². The van der Waals surface area contributed by atoms with Crippen LogP contribution in [0.3, 0.4) is 0 Å². The van der Waals surface area contributed by atoms with E-state index in [0.717, 1.165) is 0 Å². The van der Waals surface area contributed by atoms with Gasteiger partial charge in [0.1, 0.15) is 11.4 Å². The number of hydrogen-bond acceptors (Lipinski definition) is 6. The van der Waals surface area contributed by atoms with Crippen LogP contribution in [0.25, 0.3) is 0 Å². The smallest absolute Gasteiger partial charge is 0.428 e. The average Bonchev–Trinajstić information content (AvgIpc) is 3.01. The molecule has 0 atom stereocenters. The first kappa shape index (κ1) is 17.3. The van der Waals surface area contributed by atoms with E-state index >= 15 is 0 Å². The van der Waals surface area contributed by atoms with Crippen LogP contribution in [-0.4, -0.2) is 23.9 Å². The summed E-state index contributed by atoms with van der Waals surface area (Å²) in [5, 5.41) is 3.78. The van der Waals surface area contributed by atoms with Crippen molar-refractivity contribution in [2.75, 3.05) is 0 Å². The molecule has 0 aliphatic rings. The molecule has 126 valence electrons. The van der Waals surface area contributed by atoms with E-state index in [1.807, 2.05) is 0 Å². The number of carbonyl (C=O) groups is 2. The van der Waals surface area contributed by atoms with Crippen LogP contribution in [-0.2, 0) is 4.74 Å². The first-order chi connectivity index (χ1) is 11.3. The lowest BCUT2D eigenvalue weighted by Crippen LogP contribution is -2.29. The molecule has 0 unspecified atom stereocenters. The molecule has 0 bridgehead atoms. The molecule has 0 aliphatic heterocycles. The minimum absolute atomic E-state index is 0.127. The van der Waals surface area contributed by atoms with Crippen LogP contribution >= 0.6 is 0 Å². The van der Waals surface area contributed by atoms with Crippen LogP contribution < -0.4 is 10.2 Å². The van der Waals surface area contributed by atoms with Gasteiger partial charge in [-0.15, -0.1) is 0 Å². The summed E-state index contributed by atoms with van der Waals surface area (Å²) in [7, 11) is 0. The Bertz CT molecular complexity index is 712. The third-order valence-electron chi connectivity index (χ3n) is 2.58. The average molecular weight is 330 g/mol. The first-order valence-corrected chi connectivity index (χ1v) is 7.21. The molecule has 1 aromatic heterocycles. The second-order valence-electron chi connectivity index (χ2n) is 5.81. The maximum atomic E-state index is 11.7. The number of ether oxygens (including phenoxy) is 2. The maximum Gasteiger partial charge on any atom is 0.428 e. The van der Waals surface area contributed by atoms with Crippen molar-refractivity contribution in [2.45, 2.75) is 26.4 Å². The molecule has 0 radical (unpaired) electrons. The Morgan fingerprint density at radius 2 is 1.88 bits per heavy atom. The molecule has 1 N–H and O–H groups in total. The standard InChI is InChI=1S/C17H18N2O5/c1-17(2,3)24-16(21)19-18-11-12-6-8-13(9-7-12)23-15(20)14-5-4-10-22-14/h4-11H,1-3H3,(H,19,21)/b18-11-. The number of rotatable bonds is 4. The third kappa shape index (κ3) is 5.60. The van der Waals surface area contributed by atoms with Gasteiger partial charge < -0.3 is 13.9 Å². The molecule has 0 saturated carbocycles. The van der Waals surface area contributed by atoms with Crippen LogP contribution in [0.2, 0.25) is 0 Å². The van der Waals surface area contributed by atoms with Crippen LogP contribution in [0.1, 0.15) is 36.9 Å². The molecule has 0 spiro atoms. The fourth-order valence-electron chi connectivity index (χ4n) is 1.63. The Balaban J connectivity index is 1.87. The van der Waals surface area contributed by atoms with Gasteiger partial charge in [0, 0.05) is 0 Å². The van der Waals surface area contributed by atoms with Gasteiger partial charge in [-0.3, -0.25) is 0 Å². The fourth-order valence-corrected chi connectivity index (χ4v) is 1.63. The van der Waals surface area contributed by atoms with Gasteiger partial charge in [-0.1, -0.05) is 0 Å². The van der Waals surface area contributed by atoms with Gasteiger partial charge in [0.2, 0.25) is 5.76 Å². The summed E-state index contributed by atoms with van der Waals surface area (Å²) in [6, 6.07) is 9.71. The van der Waals surface area contributed by atoms with Gasteiger partial charge in [-0.25, -0.2) is 15.0 Å². The van der Waals surface area contributed by atoms with E-state index in [2.05, 4.69) is 10.5 Å². The van der Waals surface area contributed by atoms with Gasteiger partial charge in [-0.2, -0.15) is 5.10 Å². The number of nitrogens with zero attached hydrogens (tertiary/aromatic N) is 1. The molecule has 1 amide bonds. The molecular formula is C17H18N2O5. The summed E-state index contributed by atoms with van der Waals surface area (Å²) in [5.74, 6) is -0.0798. The Labute approximate surface area is 139 Å². The first-order valence-electron chi connectivity index (χ1n) is 7.21. The van der Waals surface area contributed by atoms with E-state index in [1.165, 1.54) is 18.5 Å². The number of hydrogen-bond donors (Lipinski definition) is 1. The van der Waals surface area contributed by atoms with Crippen molar-refractivity contribution in [3.8, 4) is 5.75 Å². The van der Waals surface area contributed by atoms with E-state index < -0.39 is 17.7 Å². The summed E-state index contributed by atoms with van der Waals surface area (Å²) >= 11 is 0. The number of benzene rings is 1. The number of esters is 1.